The van der Waals surface area contributed by atoms with Crippen molar-refractivity contribution in [1.29, 1.82) is 0 Å². The maximum atomic E-state index is 5.88. The number of piperidine rings is 1. The summed E-state index contributed by atoms with van der Waals surface area (Å²) in [6.07, 6.45) is 6.21. The molecule has 2 nitrogen and oxygen atoms in total. The zero-order chi connectivity index (χ0) is 11.5. The van der Waals surface area contributed by atoms with Gasteiger partial charge >= 0.3 is 0 Å². The van der Waals surface area contributed by atoms with Gasteiger partial charge in [0.05, 0.1) is 6.61 Å². The van der Waals surface area contributed by atoms with Crippen LogP contribution in [-0.4, -0.2) is 19.7 Å². The molecule has 0 bridgehead atoms. The van der Waals surface area contributed by atoms with E-state index < -0.39 is 0 Å². The van der Waals surface area contributed by atoms with Crippen LogP contribution in [0.5, 0.6) is 5.75 Å². The highest BCUT2D eigenvalue weighted by Crippen LogP contribution is 2.31. The summed E-state index contributed by atoms with van der Waals surface area (Å²) >= 11 is 0. The van der Waals surface area contributed by atoms with E-state index in [0.29, 0.717) is 0 Å². The first-order valence-corrected chi connectivity index (χ1v) is 6.88. The molecule has 2 heterocycles. The standard InChI is InChI=1S/C15H21NO/c1-5-13-7-3-9-17-15(13)14(6-1)10-12-4-2-8-16-11-12/h1,5-6,12,16H,2-4,7-11H2. The lowest BCUT2D eigenvalue weighted by Crippen LogP contribution is -2.31. The Morgan fingerprint density at radius 2 is 2.29 bits per heavy atom. The molecule has 0 spiro atoms. The molecule has 0 amide bonds. The van der Waals surface area contributed by atoms with Gasteiger partial charge in [-0.05, 0) is 62.2 Å². The molecule has 1 saturated heterocycles. The summed E-state index contributed by atoms with van der Waals surface area (Å²) in [5, 5.41) is 3.49. The van der Waals surface area contributed by atoms with Crippen molar-refractivity contribution in [2.75, 3.05) is 19.7 Å². The van der Waals surface area contributed by atoms with Gasteiger partial charge in [-0.15, -0.1) is 0 Å². The largest absolute Gasteiger partial charge is 0.493 e. The molecule has 2 heteroatoms. The van der Waals surface area contributed by atoms with Gasteiger partial charge in [0.15, 0.2) is 0 Å². The van der Waals surface area contributed by atoms with E-state index in [1.54, 1.807) is 0 Å². The monoisotopic (exact) mass is 231 g/mol. The summed E-state index contributed by atoms with van der Waals surface area (Å²) in [6.45, 7) is 3.26. The molecule has 2 aliphatic rings. The van der Waals surface area contributed by atoms with Crippen LogP contribution in [0.1, 0.15) is 30.4 Å². The van der Waals surface area contributed by atoms with Crippen LogP contribution in [0.25, 0.3) is 0 Å². The lowest BCUT2D eigenvalue weighted by molar-refractivity contribution is 0.281. The molecule has 1 atom stereocenters. The maximum Gasteiger partial charge on any atom is 0.125 e. The van der Waals surface area contributed by atoms with E-state index in [1.807, 2.05) is 0 Å². The van der Waals surface area contributed by atoms with Crippen molar-refractivity contribution in [2.24, 2.45) is 5.92 Å². The molecule has 0 radical (unpaired) electrons. The van der Waals surface area contributed by atoms with Crippen LogP contribution in [0.3, 0.4) is 0 Å². The van der Waals surface area contributed by atoms with Crippen molar-refractivity contribution in [1.82, 2.24) is 5.32 Å². The fraction of sp³-hybridized carbons (Fsp3) is 0.600. The molecule has 1 N–H and O–H groups in total. The van der Waals surface area contributed by atoms with Gasteiger partial charge < -0.3 is 10.1 Å². The normalized spacial score (nSPS) is 23.9. The highest BCUT2D eigenvalue weighted by Gasteiger charge is 2.19. The second kappa shape index (κ2) is 5.09. The van der Waals surface area contributed by atoms with Crippen molar-refractivity contribution < 1.29 is 4.74 Å². The van der Waals surface area contributed by atoms with Crippen LogP contribution in [0, 0.1) is 5.92 Å². The SMILES string of the molecule is c1cc2c(c(CC3CCCNC3)c1)OCCC2. The fourth-order valence-corrected chi connectivity index (χ4v) is 3.03. The molecule has 17 heavy (non-hydrogen) atoms. The van der Waals surface area contributed by atoms with E-state index >= 15 is 0 Å². The summed E-state index contributed by atoms with van der Waals surface area (Å²) in [5.74, 6) is 1.99. The van der Waals surface area contributed by atoms with Crippen molar-refractivity contribution in [2.45, 2.75) is 32.1 Å². The molecule has 0 saturated carbocycles. The Bertz CT molecular complexity index is 383. The highest BCUT2D eigenvalue weighted by atomic mass is 16.5. The average Bonchev–Trinajstić information content (AvgIpc) is 2.40. The number of benzene rings is 1. The van der Waals surface area contributed by atoms with Crippen LogP contribution >= 0.6 is 0 Å². The zero-order valence-electron chi connectivity index (χ0n) is 10.4. The Morgan fingerprint density at radius 3 is 3.18 bits per heavy atom. The van der Waals surface area contributed by atoms with Crippen LogP contribution in [0.2, 0.25) is 0 Å². The Kier molecular flexibility index (Phi) is 3.32. The predicted octanol–water partition coefficient (Wildman–Crippen LogP) is 2.55. The quantitative estimate of drug-likeness (QED) is 0.844. The molecule has 1 fully saturated rings. The van der Waals surface area contributed by atoms with E-state index in [9.17, 15) is 0 Å². The summed E-state index contributed by atoms with van der Waals surface area (Å²) < 4.78 is 5.88. The van der Waals surface area contributed by atoms with E-state index in [-0.39, 0.29) is 0 Å². The zero-order valence-corrected chi connectivity index (χ0v) is 10.4. The molecule has 0 aliphatic carbocycles. The lowest BCUT2D eigenvalue weighted by Gasteiger charge is -2.25. The molecule has 2 aliphatic heterocycles. The number of rotatable bonds is 2. The van der Waals surface area contributed by atoms with Crippen LogP contribution < -0.4 is 10.1 Å². The first-order chi connectivity index (χ1) is 8.43. The first kappa shape index (κ1) is 11.1. The smallest absolute Gasteiger partial charge is 0.125 e. The van der Waals surface area contributed by atoms with Gasteiger partial charge in [0, 0.05) is 0 Å². The molecule has 3 rings (SSSR count). The number of para-hydroxylation sites is 1. The minimum atomic E-state index is 0.792. The van der Waals surface area contributed by atoms with Crippen LogP contribution in [0.4, 0.5) is 0 Å². The molecule has 1 unspecified atom stereocenters. The van der Waals surface area contributed by atoms with Crippen molar-refractivity contribution >= 4 is 0 Å². The van der Waals surface area contributed by atoms with Gasteiger partial charge in [0.1, 0.15) is 5.75 Å². The topological polar surface area (TPSA) is 21.3 Å². The van der Waals surface area contributed by atoms with Crippen molar-refractivity contribution in [3.05, 3.63) is 29.3 Å². The van der Waals surface area contributed by atoms with Crippen molar-refractivity contribution in [3.8, 4) is 5.75 Å². The molecular weight excluding hydrogens is 210 g/mol. The van der Waals surface area contributed by atoms with Gasteiger partial charge in [-0.25, -0.2) is 0 Å². The minimum Gasteiger partial charge on any atom is -0.493 e. The summed E-state index contributed by atoms with van der Waals surface area (Å²) in [7, 11) is 0. The van der Waals surface area contributed by atoms with E-state index in [4.69, 9.17) is 4.74 Å². The third kappa shape index (κ3) is 2.47. The second-order valence-corrected chi connectivity index (χ2v) is 5.27. The third-order valence-electron chi connectivity index (χ3n) is 3.92. The Morgan fingerprint density at radius 1 is 1.29 bits per heavy atom. The first-order valence-electron chi connectivity index (χ1n) is 6.88. The number of ether oxygens (including phenoxy) is 1. The Labute approximate surface area is 103 Å². The Hall–Kier alpha value is -1.02. The maximum absolute atomic E-state index is 5.88. The van der Waals surface area contributed by atoms with Gasteiger partial charge in [-0.2, -0.15) is 0 Å². The average molecular weight is 231 g/mol. The number of fused-ring (bicyclic) bond motifs is 1. The fourth-order valence-electron chi connectivity index (χ4n) is 3.03. The number of hydrogen-bond donors (Lipinski definition) is 1. The van der Waals surface area contributed by atoms with E-state index in [1.165, 1.54) is 62.1 Å². The van der Waals surface area contributed by atoms with Gasteiger partial charge in [-0.3, -0.25) is 0 Å². The van der Waals surface area contributed by atoms with E-state index in [2.05, 4.69) is 23.5 Å². The number of hydrogen-bond acceptors (Lipinski definition) is 2. The third-order valence-corrected chi connectivity index (χ3v) is 3.92. The molecule has 1 aromatic rings. The molecular formula is C15H21NO. The van der Waals surface area contributed by atoms with Gasteiger partial charge in [0.2, 0.25) is 0 Å². The molecule has 92 valence electrons. The summed E-state index contributed by atoms with van der Waals surface area (Å²) in [6, 6.07) is 6.66. The van der Waals surface area contributed by atoms with Gasteiger partial charge in [0.25, 0.3) is 0 Å². The second-order valence-electron chi connectivity index (χ2n) is 5.27. The number of aryl methyl sites for hydroxylation is 1. The van der Waals surface area contributed by atoms with Crippen molar-refractivity contribution in [3.63, 3.8) is 0 Å². The number of nitrogens with one attached hydrogen (secondary N) is 1. The molecule has 0 aromatic heterocycles. The van der Waals surface area contributed by atoms with Gasteiger partial charge in [-0.1, -0.05) is 18.2 Å². The minimum absolute atomic E-state index is 0.792. The van der Waals surface area contributed by atoms with E-state index in [0.717, 1.165) is 12.5 Å². The van der Waals surface area contributed by atoms with Crippen LogP contribution in [0.15, 0.2) is 18.2 Å². The molecule has 1 aromatic carbocycles. The highest BCUT2D eigenvalue weighted by molar-refractivity contribution is 5.43. The summed E-state index contributed by atoms with van der Waals surface area (Å²) in [5.41, 5.74) is 2.84. The summed E-state index contributed by atoms with van der Waals surface area (Å²) in [4.78, 5) is 0. The lowest BCUT2D eigenvalue weighted by atomic mass is 9.90. The predicted molar refractivity (Wildman–Crippen MR) is 69.6 cm³/mol. The van der Waals surface area contributed by atoms with Crippen LogP contribution in [-0.2, 0) is 12.8 Å². The Balaban J connectivity index is 1.77.